The number of nitrogens with one attached hydrogen (secondary N) is 2. The van der Waals surface area contributed by atoms with Crippen molar-refractivity contribution in [3.05, 3.63) is 42.2 Å². The van der Waals surface area contributed by atoms with Gasteiger partial charge in [-0.05, 0) is 44.5 Å². The number of hydrogen-bond acceptors (Lipinski definition) is 4. The number of imidazole rings is 1. The summed E-state index contributed by atoms with van der Waals surface area (Å²) in [5.41, 5.74) is 2.30. The highest BCUT2D eigenvalue weighted by Gasteiger charge is 2.19. The maximum Gasteiger partial charge on any atom is 0.278 e. The molecule has 1 fully saturated rings. The number of para-hydroxylation sites is 2. The number of amides is 1. The molecular formula is C18H23ClN6O. The summed E-state index contributed by atoms with van der Waals surface area (Å²) >= 11 is 0. The molecule has 1 amide bonds. The lowest BCUT2D eigenvalue weighted by Gasteiger charge is -2.22. The monoisotopic (exact) mass is 374 g/mol. The molecule has 3 aromatic rings. The third-order valence-electron chi connectivity index (χ3n) is 4.68. The quantitative estimate of drug-likeness (QED) is 0.736. The van der Waals surface area contributed by atoms with E-state index in [1.165, 1.54) is 0 Å². The minimum Gasteiger partial charge on any atom is -0.315 e. The minimum absolute atomic E-state index is 0. The molecule has 0 aliphatic carbocycles. The molecular weight excluding hydrogens is 352 g/mol. The molecule has 0 spiro atoms. The van der Waals surface area contributed by atoms with E-state index in [0.717, 1.165) is 43.5 Å². The second-order valence-electron chi connectivity index (χ2n) is 6.30. The van der Waals surface area contributed by atoms with Gasteiger partial charge in [0.2, 0.25) is 5.95 Å². The van der Waals surface area contributed by atoms with Gasteiger partial charge in [-0.3, -0.25) is 14.8 Å². The van der Waals surface area contributed by atoms with E-state index in [9.17, 15) is 4.79 Å². The van der Waals surface area contributed by atoms with Crippen LogP contribution in [-0.2, 0) is 6.54 Å². The smallest absolute Gasteiger partial charge is 0.278 e. The van der Waals surface area contributed by atoms with Crippen molar-refractivity contribution >= 4 is 35.3 Å². The molecule has 138 valence electrons. The number of anilines is 1. The minimum atomic E-state index is -0.229. The summed E-state index contributed by atoms with van der Waals surface area (Å²) in [7, 11) is 0. The molecule has 1 saturated heterocycles. The molecule has 0 radical (unpaired) electrons. The van der Waals surface area contributed by atoms with E-state index >= 15 is 0 Å². The number of nitrogens with zero attached hydrogens (tertiary/aromatic N) is 4. The molecule has 7 nitrogen and oxygen atoms in total. The van der Waals surface area contributed by atoms with Crippen LogP contribution in [0.25, 0.3) is 11.0 Å². The highest BCUT2D eigenvalue weighted by atomic mass is 35.5. The first-order chi connectivity index (χ1) is 12.3. The molecule has 0 saturated carbocycles. The van der Waals surface area contributed by atoms with Gasteiger partial charge in [-0.1, -0.05) is 12.1 Å². The topological polar surface area (TPSA) is 76.8 Å². The van der Waals surface area contributed by atoms with Crippen molar-refractivity contribution in [2.24, 2.45) is 0 Å². The summed E-state index contributed by atoms with van der Waals surface area (Å²) in [6.45, 7) is 4.72. The van der Waals surface area contributed by atoms with Crippen molar-refractivity contribution in [2.75, 3.05) is 18.4 Å². The first-order valence-corrected chi connectivity index (χ1v) is 8.78. The summed E-state index contributed by atoms with van der Waals surface area (Å²) in [5.74, 6) is 0.329. The van der Waals surface area contributed by atoms with Crippen LogP contribution < -0.4 is 10.6 Å². The second-order valence-corrected chi connectivity index (χ2v) is 6.30. The van der Waals surface area contributed by atoms with Gasteiger partial charge in [0.1, 0.15) is 0 Å². The van der Waals surface area contributed by atoms with Crippen LogP contribution >= 0.6 is 12.4 Å². The summed E-state index contributed by atoms with van der Waals surface area (Å²) in [6, 6.07) is 9.95. The van der Waals surface area contributed by atoms with Gasteiger partial charge in [0.25, 0.3) is 5.91 Å². The molecule has 4 rings (SSSR count). The van der Waals surface area contributed by atoms with Crippen molar-refractivity contribution in [1.82, 2.24) is 24.6 Å². The van der Waals surface area contributed by atoms with Gasteiger partial charge in [0.05, 0.1) is 17.1 Å². The van der Waals surface area contributed by atoms with Crippen LogP contribution in [0.15, 0.2) is 36.5 Å². The Labute approximate surface area is 158 Å². The summed E-state index contributed by atoms with van der Waals surface area (Å²) in [4.78, 5) is 17.1. The predicted octanol–water partition coefficient (Wildman–Crippen LogP) is 2.85. The molecule has 8 heteroatoms. The van der Waals surface area contributed by atoms with Crippen LogP contribution in [0.2, 0.25) is 0 Å². The molecule has 2 aromatic heterocycles. The fraction of sp³-hybridized carbons (Fsp3) is 0.389. The molecule has 1 aromatic carbocycles. The first-order valence-electron chi connectivity index (χ1n) is 8.78. The molecule has 3 heterocycles. The molecule has 0 bridgehead atoms. The number of aromatic nitrogens is 4. The second kappa shape index (κ2) is 7.88. The number of aryl methyl sites for hydroxylation is 1. The Morgan fingerprint density at radius 2 is 2.19 bits per heavy atom. The summed E-state index contributed by atoms with van der Waals surface area (Å²) in [5, 5.41) is 10.7. The highest BCUT2D eigenvalue weighted by Crippen LogP contribution is 2.20. The molecule has 1 unspecified atom stereocenters. The largest absolute Gasteiger partial charge is 0.315 e. The zero-order valence-corrected chi connectivity index (χ0v) is 15.5. The molecule has 2 N–H and O–H groups in total. The lowest BCUT2D eigenvalue weighted by molar-refractivity contribution is 0.101. The van der Waals surface area contributed by atoms with Crippen molar-refractivity contribution < 1.29 is 4.79 Å². The number of rotatable bonds is 4. The van der Waals surface area contributed by atoms with Crippen LogP contribution in [0.3, 0.4) is 0 Å². The van der Waals surface area contributed by atoms with E-state index in [-0.39, 0.29) is 18.3 Å². The molecule has 1 aliphatic rings. The third-order valence-corrected chi connectivity index (χ3v) is 4.68. The number of hydrogen-bond donors (Lipinski definition) is 2. The van der Waals surface area contributed by atoms with Crippen molar-refractivity contribution in [3.8, 4) is 0 Å². The Morgan fingerprint density at radius 1 is 1.35 bits per heavy atom. The molecule has 1 atom stereocenters. The summed E-state index contributed by atoms with van der Waals surface area (Å²) < 4.78 is 3.89. The van der Waals surface area contributed by atoms with Crippen LogP contribution in [0.1, 0.15) is 36.3 Å². The lowest BCUT2D eigenvalue weighted by atomic mass is 10.1. The Kier molecular flexibility index (Phi) is 5.58. The average molecular weight is 375 g/mol. The van der Waals surface area contributed by atoms with E-state index in [1.54, 1.807) is 6.07 Å². The number of halogens is 1. The van der Waals surface area contributed by atoms with Crippen molar-refractivity contribution in [2.45, 2.75) is 32.4 Å². The fourth-order valence-electron chi connectivity index (χ4n) is 3.38. The normalized spacial score (nSPS) is 17.0. The van der Waals surface area contributed by atoms with Crippen molar-refractivity contribution in [3.63, 3.8) is 0 Å². The number of benzene rings is 1. The van der Waals surface area contributed by atoms with Gasteiger partial charge in [0.15, 0.2) is 5.69 Å². The van der Waals surface area contributed by atoms with E-state index in [2.05, 4.69) is 20.7 Å². The third kappa shape index (κ3) is 3.45. The van der Waals surface area contributed by atoms with Crippen LogP contribution in [0.4, 0.5) is 5.95 Å². The zero-order valence-electron chi connectivity index (χ0n) is 14.7. The maximum absolute atomic E-state index is 12.6. The van der Waals surface area contributed by atoms with Gasteiger partial charge in [-0.2, -0.15) is 5.10 Å². The fourth-order valence-corrected chi connectivity index (χ4v) is 3.38. The average Bonchev–Trinajstić information content (AvgIpc) is 3.27. The van der Waals surface area contributed by atoms with Gasteiger partial charge in [-0.25, -0.2) is 4.98 Å². The van der Waals surface area contributed by atoms with Crippen LogP contribution in [-0.4, -0.2) is 38.3 Å². The van der Waals surface area contributed by atoms with Crippen molar-refractivity contribution in [1.29, 1.82) is 0 Å². The standard InChI is InChI=1S/C18H22N6O.ClH/c1-2-23-16-8-4-3-7-14(16)20-18(23)21-17(25)15-9-11-24(22-15)13-6-5-10-19-12-13;/h3-4,7-9,11,13,19H,2,5-6,10,12H2,1H3,(H,20,21,25);1H. The van der Waals surface area contributed by atoms with Gasteiger partial charge in [0, 0.05) is 19.3 Å². The predicted molar refractivity (Wildman–Crippen MR) is 104 cm³/mol. The first kappa shape index (κ1) is 18.4. The lowest BCUT2D eigenvalue weighted by Crippen LogP contribution is -2.32. The number of carbonyl (C=O) groups excluding carboxylic acids is 1. The number of piperidine rings is 1. The Bertz CT molecular complexity index is 896. The van der Waals surface area contributed by atoms with E-state index in [4.69, 9.17) is 0 Å². The Balaban J connectivity index is 0.00000196. The zero-order chi connectivity index (χ0) is 17.2. The van der Waals surface area contributed by atoms with Crippen LogP contribution in [0, 0.1) is 0 Å². The van der Waals surface area contributed by atoms with E-state index < -0.39 is 0 Å². The van der Waals surface area contributed by atoms with Gasteiger partial charge in [-0.15, -0.1) is 12.4 Å². The van der Waals surface area contributed by atoms with Crippen LogP contribution in [0.5, 0.6) is 0 Å². The number of carbonyl (C=O) groups is 1. The highest BCUT2D eigenvalue weighted by molar-refractivity contribution is 6.02. The summed E-state index contributed by atoms with van der Waals surface area (Å²) in [6.07, 6.45) is 4.10. The van der Waals surface area contributed by atoms with Gasteiger partial charge >= 0.3 is 0 Å². The molecule has 1 aliphatic heterocycles. The Hall–Kier alpha value is -2.38. The Morgan fingerprint density at radius 3 is 2.96 bits per heavy atom. The van der Waals surface area contributed by atoms with E-state index in [1.807, 2.05) is 46.6 Å². The van der Waals surface area contributed by atoms with E-state index in [0.29, 0.717) is 17.7 Å². The van der Waals surface area contributed by atoms with Gasteiger partial charge < -0.3 is 9.88 Å². The maximum atomic E-state index is 12.6. The SMILES string of the molecule is CCn1c(NC(=O)c2ccn(C3CCCNC3)n2)nc2ccccc21.Cl. The number of fused-ring (bicyclic) bond motifs is 1. The molecule has 26 heavy (non-hydrogen) atoms.